The standard InChI is InChI=1S/C26H26N2O5/c1-16-9-20(17(2)28(16)7-8-31-3)10-21(14-27)26(30)32-15-22-13-25(29)33-24-12-19-6-4-5-18(19)11-23(22)24/h9-13H,4-8,15H2,1-3H3/b21-10+. The van der Waals surface area contributed by atoms with Crippen LogP contribution in [0.1, 0.15) is 40.1 Å². The van der Waals surface area contributed by atoms with Gasteiger partial charge >= 0.3 is 11.6 Å². The van der Waals surface area contributed by atoms with Crippen LogP contribution in [0.25, 0.3) is 17.0 Å². The minimum Gasteiger partial charge on any atom is -0.457 e. The molecule has 0 radical (unpaired) electrons. The first-order valence-corrected chi connectivity index (χ1v) is 10.9. The van der Waals surface area contributed by atoms with Crippen LogP contribution in [0.3, 0.4) is 0 Å². The molecule has 7 nitrogen and oxygen atoms in total. The fraction of sp³-hybridized carbons (Fsp3) is 0.346. The van der Waals surface area contributed by atoms with Crippen molar-refractivity contribution >= 4 is 23.0 Å². The number of carbonyl (C=O) groups excluding carboxylic acids is 1. The van der Waals surface area contributed by atoms with Crippen molar-refractivity contribution in [2.75, 3.05) is 13.7 Å². The maximum absolute atomic E-state index is 12.7. The van der Waals surface area contributed by atoms with E-state index in [1.165, 1.54) is 23.3 Å². The highest BCUT2D eigenvalue weighted by Gasteiger charge is 2.18. The summed E-state index contributed by atoms with van der Waals surface area (Å²) in [6.07, 6.45) is 4.56. The summed E-state index contributed by atoms with van der Waals surface area (Å²) in [4.78, 5) is 24.7. The van der Waals surface area contributed by atoms with Gasteiger partial charge in [0, 0.05) is 42.1 Å². The van der Waals surface area contributed by atoms with E-state index in [0.717, 1.165) is 41.6 Å². The van der Waals surface area contributed by atoms with Crippen molar-refractivity contribution in [1.29, 1.82) is 5.26 Å². The lowest BCUT2D eigenvalue weighted by molar-refractivity contribution is -0.139. The van der Waals surface area contributed by atoms with Gasteiger partial charge in [-0.25, -0.2) is 9.59 Å². The molecule has 2 aromatic heterocycles. The van der Waals surface area contributed by atoms with Crippen molar-refractivity contribution in [3.05, 3.63) is 73.9 Å². The van der Waals surface area contributed by atoms with Crippen LogP contribution in [-0.4, -0.2) is 24.3 Å². The highest BCUT2D eigenvalue weighted by atomic mass is 16.5. The molecule has 0 fully saturated rings. The molecule has 2 heterocycles. The summed E-state index contributed by atoms with van der Waals surface area (Å²) in [5.41, 5.74) is 5.61. The quantitative estimate of drug-likeness (QED) is 0.236. The molecule has 1 aliphatic rings. The van der Waals surface area contributed by atoms with Gasteiger partial charge in [-0.2, -0.15) is 5.26 Å². The molecule has 1 aliphatic carbocycles. The van der Waals surface area contributed by atoms with Crippen LogP contribution >= 0.6 is 0 Å². The van der Waals surface area contributed by atoms with E-state index in [1.54, 1.807) is 7.11 Å². The molecule has 0 N–H and O–H groups in total. The first kappa shape index (κ1) is 22.6. The van der Waals surface area contributed by atoms with Gasteiger partial charge in [-0.1, -0.05) is 0 Å². The number of hydrogen-bond acceptors (Lipinski definition) is 6. The van der Waals surface area contributed by atoms with Gasteiger partial charge in [-0.15, -0.1) is 0 Å². The number of benzene rings is 1. The number of esters is 1. The number of methoxy groups -OCH3 is 1. The Labute approximate surface area is 191 Å². The van der Waals surface area contributed by atoms with Crippen molar-refractivity contribution in [2.24, 2.45) is 0 Å². The third kappa shape index (κ3) is 4.62. The summed E-state index contributed by atoms with van der Waals surface area (Å²) in [5.74, 6) is -0.734. The van der Waals surface area contributed by atoms with E-state index >= 15 is 0 Å². The minimum absolute atomic E-state index is 0.102. The molecular formula is C26H26N2O5. The molecule has 0 spiro atoms. The predicted octanol–water partition coefficient (Wildman–Crippen LogP) is 4.00. The smallest absolute Gasteiger partial charge is 0.349 e. The van der Waals surface area contributed by atoms with E-state index in [-0.39, 0.29) is 12.2 Å². The van der Waals surface area contributed by atoms with E-state index in [0.29, 0.717) is 24.3 Å². The molecular weight excluding hydrogens is 420 g/mol. The van der Waals surface area contributed by atoms with Gasteiger partial charge in [0.1, 0.15) is 23.8 Å². The van der Waals surface area contributed by atoms with Crippen LogP contribution in [0.4, 0.5) is 0 Å². The zero-order valence-corrected chi connectivity index (χ0v) is 19.1. The average Bonchev–Trinajstić information content (AvgIpc) is 3.35. The number of aromatic nitrogens is 1. The van der Waals surface area contributed by atoms with E-state index in [1.807, 2.05) is 38.1 Å². The first-order valence-electron chi connectivity index (χ1n) is 10.9. The van der Waals surface area contributed by atoms with Crippen LogP contribution in [0.2, 0.25) is 0 Å². The third-order valence-corrected chi connectivity index (χ3v) is 6.17. The number of ether oxygens (including phenoxy) is 2. The summed E-state index contributed by atoms with van der Waals surface area (Å²) in [7, 11) is 1.64. The Hall–Kier alpha value is -3.63. The van der Waals surface area contributed by atoms with E-state index in [2.05, 4.69) is 4.57 Å². The van der Waals surface area contributed by atoms with Crippen molar-refractivity contribution in [3.8, 4) is 6.07 Å². The molecule has 0 saturated heterocycles. The van der Waals surface area contributed by atoms with Gasteiger partial charge in [-0.05, 0) is 74.1 Å². The normalized spacial score (nSPS) is 13.2. The number of carbonyl (C=O) groups is 1. The van der Waals surface area contributed by atoms with Gasteiger partial charge in [0.2, 0.25) is 0 Å². The monoisotopic (exact) mass is 446 g/mol. The molecule has 0 amide bonds. The first-order chi connectivity index (χ1) is 15.9. The Morgan fingerprint density at radius 1 is 1.21 bits per heavy atom. The van der Waals surface area contributed by atoms with Gasteiger partial charge in [0.05, 0.1) is 6.61 Å². The second kappa shape index (κ2) is 9.47. The molecule has 7 heteroatoms. The molecule has 3 aromatic rings. The fourth-order valence-corrected chi connectivity index (χ4v) is 4.43. The molecule has 0 bridgehead atoms. The number of hydrogen-bond donors (Lipinski definition) is 0. The number of rotatable bonds is 7. The van der Waals surface area contributed by atoms with E-state index < -0.39 is 11.6 Å². The number of nitrogens with zero attached hydrogens (tertiary/aromatic N) is 2. The Kier molecular flexibility index (Phi) is 6.47. The molecule has 0 aliphatic heterocycles. The summed E-state index contributed by atoms with van der Waals surface area (Å²) in [5, 5.41) is 10.3. The molecule has 170 valence electrons. The number of fused-ring (bicyclic) bond motifs is 2. The fourth-order valence-electron chi connectivity index (χ4n) is 4.43. The number of nitriles is 1. The van der Waals surface area contributed by atoms with Gasteiger partial charge in [0.25, 0.3) is 0 Å². The van der Waals surface area contributed by atoms with E-state index in [9.17, 15) is 14.9 Å². The predicted molar refractivity (Wildman–Crippen MR) is 124 cm³/mol. The highest BCUT2D eigenvalue weighted by molar-refractivity contribution is 5.98. The highest BCUT2D eigenvalue weighted by Crippen LogP contribution is 2.29. The van der Waals surface area contributed by atoms with E-state index in [4.69, 9.17) is 13.9 Å². The Balaban J connectivity index is 1.57. The van der Waals surface area contributed by atoms with Gasteiger partial charge in [-0.3, -0.25) is 0 Å². The lowest BCUT2D eigenvalue weighted by Crippen LogP contribution is -2.09. The summed E-state index contributed by atoms with van der Waals surface area (Å²) in [6, 6.07) is 9.13. The molecule has 33 heavy (non-hydrogen) atoms. The van der Waals surface area contributed by atoms with Crippen LogP contribution in [-0.2, 0) is 40.3 Å². The lowest BCUT2D eigenvalue weighted by Gasteiger charge is -2.09. The number of aryl methyl sites for hydroxylation is 3. The van der Waals surface area contributed by atoms with Crippen LogP contribution in [0, 0.1) is 25.2 Å². The van der Waals surface area contributed by atoms with Crippen molar-refractivity contribution in [2.45, 2.75) is 46.3 Å². The Morgan fingerprint density at radius 3 is 2.70 bits per heavy atom. The lowest BCUT2D eigenvalue weighted by atomic mass is 10.0. The van der Waals surface area contributed by atoms with Crippen LogP contribution < -0.4 is 5.63 Å². The zero-order valence-electron chi connectivity index (χ0n) is 19.1. The molecule has 1 aromatic carbocycles. The zero-order chi connectivity index (χ0) is 23.5. The second-order valence-corrected chi connectivity index (χ2v) is 8.28. The average molecular weight is 447 g/mol. The minimum atomic E-state index is -0.734. The molecule has 0 unspecified atom stereocenters. The third-order valence-electron chi connectivity index (χ3n) is 6.17. The van der Waals surface area contributed by atoms with Crippen molar-refractivity contribution < 1.29 is 18.7 Å². The second-order valence-electron chi connectivity index (χ2n) is 8.28. The van der Waals surface area contributed by atoms with Gasteiger partial charge in [0.15, 0.2) is 0 Å². The molecule has 0 atom stereocenters. The maximum Gasteiger partial charge on any atom is 0.349 e. The molecule has 0 saturated carbocycles. The summed E-state index contributed by atoms with van der Waals surface area (Å²) in [6.45, 7) is 5.03. The molecule has 4 rings (SSSR count). The maximum atomic E-state index is 12.7. The summed E-state index contributed by atoms with van der Waals surface area (Å²) >= 11 is 0. The van der Waals surface area contributed by atoms with Crippen molar-refractivity contribution in [1.82, 2.24) is 4.57 Å². The van der Waals surface area contributed by atoms with Crippen LogP contribution in [0.5, 0.6) is 0 Å². The SMILES string of the molecule is COCCn1c(C)cc(/C=C(\C#N)C(=O)OCc2cc(=O)oc3cc4c(cc23)CCC4)c1C. The van der Waals surface area contributed by atoms with Crippen molar-refractivity contribution in [3.63, 3.8) is 0 Å². The van der Waals surface area contributed by atoms with Crippen LogP contribution in [0.15, 0.2) is 39.1 Å². The Bertz CT molecular complexity index is 1350. The van der Waals surface area contributed by atoms with Gasteiger partial charge < -0.3 is 18.5 Å². The largest absolute Gasteiger partial charge is 0.457 e. The Morgan fingerprint density at radius 2 is 1.97 bits per heavy atom. The topological polar surface area (TPSA) is 94.5 Å². The summed E-state index contributed by atoms with van der Waals surface area (Å²) < 4.78 is 18.0.